The second-order valence-electron chi connectivity index (χ2n) is 6.40. The van der Waals surface area contributed by atoms with Crippen LogP contribution in [0.15, 0.2) is 48.5 Å². The second kappa shape index (κ2) is 9.58. The quantitative estimate of drug-likeness (QED) is 0.406. The molecule has 0 bridgehead atoms. The molecule has 0 radical (unpaired) electrons. The van der Waals surface area contributed by atoms with Crippen LogP contribution in [0.5, 0.6) is 0 Å². The predicted octanol–water partition coefficient (Wildman–Crippen LogP) is 5.55. The number of unbranched alkanes of at least 4 members (excludes halogenated alkanes) is 3. The summed E-state index contributed by atoms with van der Waals surface area (Å²) in [5, 5.41) is 6.43. The van der Waals surface area contributed by atoms with Crippen LogP contribution in [0.4, 0.5) is 5.69 Å². The SMILES string of the molecule is CCCCCCc1ccc(NC(=S)NC(=O)c2nc3ccccc3s2)cc1. The molecule has 0 fully saturated rings. The normalized spacial score (nSPS) is 10.7. The van der Waals surface area contributed by atoms with Crippen LogP contribution in [0.3, 0.4) is 0 Å². The van der Waals surface area contributed by atoms with E-state index in [0.717, 1.165) is 22.3 Å². The number of fused-ring (bicyclic) bond motifs is 1. The van der Waals surface area contributed by atoms with Gasteiger partial charge in [-0.05, 0) is 54.9 Å². The van der Waals surface area contributed by atoms with Gasteiger partial charge in [0.05, 0.1) is 10.2 Å². The summed E-state index contributed by atoms with van der Waals surface area (Å²) < 4.78 is 0.982. The highest BCUT2D eigenvalue weighted by atomic mass is 32.1. The van der Waals surface area contributed by atoms with Gasteiger partial charge in [-0.2, -0.15) is 0 Å². The van der Waals surface area contributed by atoms with Gasteiger partial charge in [-0.1, -0.05) is 50.5 Å². The molecule has 3 rings (SSSR count). The molecule has 0 saturated carbocycles. The van der Waals surface area contributed by atoms with Crippen molar-refractivity contribution in [1.29, 1.82) is 0 Å². The first-order chi connectivity index (χ1) is 13.2. The van der Waals surface area contributed by atoms with Crippen molar-refractivity contribution in [2.45, 2.75) is 39.0 Å². The average Bonchev–Trinajstić information content (AvgIpc) is 3.11. The average molecular weight is 398 g/mol. The minimum atomic E-state index is -0.291. The molecule has 2 N–H and O–H groups in total. The van der Waals surface area contributed by atoms with E-state index in [-0.39, 0.29) is 11.0 Å². The summed E-state index contributed by atoms with van der Waals surface area (Å²) in [4.78, 5) is 16.7. The first kappa shape index (κ1) is 19.5. The molecule has 1 amide bonds. The molecule has 2 aromatic carbocycles. The fraction of sp³-hybridized carbons (Fsp3) is 0.286. The molecule has 0 aliphatic heterocycles. The number of benzene rings is 2. The van der Waals surface area contributed by atoms with Crippen LogP contribution < -0.4 is 10.6 Å². The lowest BCUT2D eigenvalue weighted by Crippen LogP contribution is -2.34. The van der Waals surface area contributed by atoms with E-state index in [9.17, 15) is 4.79 Å². The van der Waals surface area contributed by atoms with Crippen molar-refractivity contribution in [3.63, 3.8) is 0 Å². The zero-order valence-electron chi connectivity index (χ0n) is 15.3. The molecule has 27 heavy (non-hydrogen) atoms. The number of nitrogens with one attached hydrogen (secondary N) is 2. The highest BCUT2D eigenvalue weighted by Crippen LogP contribution is 2.21. The van der Waals surface area contributed by atoms with Crippen molar-refractivity contribution < 1.29 is 4.79 Å². The number of amides is 1. The van der Waals surface area contributed by atoms with Gasteiger partial charge >= 0.3 is 0 Å². The Bertz CT molecular complexity index is 886. The van der Waals surface area contributed by atoms with Crippen molar-refractivity contribution in [2.24, 2.45) is 0 Å². The van der Waals surface area contributed by atoms with Crippen LogP contribution >= 0.6 is 23.6 Å². The summed E-state index contributed by atoms with van der Waals surface area (Å²) in [6, 6.07) is 15.9. The highest BCUT2D eigenvalue weighted by Gasteiger charge is 2.13. The van der Waals surface area contributed by atoms with E-state index in [0.29, 0.717) is 5.01 Å². The Balaban J connectivity index is 1.51. The predicted molar refractivity (Wildman–Crippen MR) is 118 cm³/mol. The van der Waals surface area contributed by atoms with Gasteiger partial charge in [0.25, 0.3) is 5.91 Å². The largest absolute Gasteiger partial charge is 0.332 e. The number of para-hydroxylation sites is 1. The van der Waals surface area contributed by atoms with E-state index >= 15 is 0 Å². The molecule has 0 aliphatic carbocycles. The molecule has 1 aromatic heterocycles. The molecule has 1 heterocycles. The number of hydrogen-bond donors (Lipinski definition) is 2. The third-order valence-corrected chi connectivity index (χ3v) is 5.49. The van der Waals surface area contributed by atoms with E-state index in [1.165, 1.54) is 42.6 Å². The summed E-state index contributed by atoms with van der Waals surface area (Å²) in [5.41, 5.74) is 3.00. The Hall–Kier alpha value is -2.31. The number of thiazole rings is 1. The molecule has 4 nitrogen and oxygen atoms in total. The standard InChI is InChI=1S/C21H23N3OS2/c1-2-3-4-5-8-15-11-13-16(14-12-15)22-21(26)24-19(25)20-23-17-9-6-7-10-18(17)27-20/h6-7,9-14H,2-5,8H2,1H3,(H2,22,24,25,26). The van der Waals surface area contributed by atoms with Crippen LogP contribution in [-0.2, 0) is 6.42 Å². The van der Waals surface area contributed by atoms with Crippen molar-refractivity contribution in [2.75, 3.05) is 5.32 Å². The summed E-state index contributed by atoms with van der Waals surface area (Å²) in [6.45, 7) is 2.22. The zero-order chi connectivity index (χ0) is 19.1. The summed E-state index contributed by atoms with van der Waals surface area (Å²) in [6.07, 6.45) is 6.14. The molecule has 0 spiro atoms. The zero-order valence-corrected chi connectivity index (χ0v) is 17.0. The summed E-state index contributed by atoms with van der Waals surface area (Å²) >= 11 is 6.61. The molecule has 3 aromatic rings. The fourth-order valence-electron chi connectivity index (χ4n) is 2.80. The van der Waals surface area contributed by atoms with Gasteiger partial charge in [-0.15, -0.1) is 11.3 Å². The molecule has 6 heteroatoms. The Morgan fingerprint density at radius 2 is 1.85 bits per heavy atom. The van der Waals surface area contributed by atoms with Crippen molar-refractivity contribution >= 4 is 50.5 Å². The number of nitrogens with zero attached hydrogens (tertiary/aromatic N) is 1. The summed E-state index contributed by atoms with van der Waals surface area (Å²) in [7, 11) is 0. The number of carbonyl (C=O) groups is 1. The van der Waals surface area contributed by atoms with E-state index in [4.69, 9.17) is 12.2 Å². The summed E-state index contributed by atoms with van der Waals surface area (Å²) in [5.74, 6) is -0.291. The molecule has 140 valence electrons. The van der Waals surface area contributed by atoms with Crippen LogP contribution in [-0.4, -0.2) is 16.0 Å². The van der Waals surface area contributed by atoms with E-state index < -0.39 is 0 Å². The third-order valence-electron chi connectivity index (χ3n) is 4.25. The molecule has 0 unspecified atom stereocenters. The van der Waals surface area contributed by atoms with Gasteiger partial charge in [0.15, 0.2) is 10.1 Å². The lowest BCUT2D eigenvalue weighted by Gasteiger charge is -2.09. The van der Waals surface area contributed by atoms with Gasteiger partial charge in [0.1, 0.15) is 0 Å². The van der Waals surface area contributed by atoms with Gasteiger partial charge in [-0.25, -0.2) is 4.98 Å². The Morgan fingerprint density at radius 3 is 2.59 bits per heavy atom. The second-order valence-corrected chi connectivity index (χ2v) is 7.84. The molecule has 0 atom stereocenters. The van der Waals surface area contributed by atoms with Crippen molar-refractivity contribution in [1.82, 2.24) is 10.3 Å². The number of thiocarbonyl (C=S) groups is 1. The maximum Gasteiger partial charge on any atom is 0.286 e. The smallest absolute Gasteiger partial charge is 0.286 e. The molecule has 0 aliphatic rings. The van der Waals surface area contributed by atoms with Crippen LogP contribution in [0.1, 0.15) is 48.0 Å². The Labute approximate surface area is 169 Å². The van der Waals surface area contributed by atoms with Crippen LogP contribution in [0.25, 0.3) is 10.2 Å². The maximum absolute atomic E-state index is 12.3. The van der Waals surface area contributed by atoms with E-state index in [2.05, 4.69) is 34.7 Å². The highest BCUT2D eigenvalue weighted by molar-refractivity contribution is 7.80. The number of aromatic nitrogens is 1. The van der Waals surface area contributed by atoms with Gasteiger partial charge in [0, 0.05) is 5.69 Å². The molecular weight excluding hydrogens is 374 g/mol. The third kappa shape index (κ3) is 5.58. The van der Waals surface area contributed by atoms with Crippen LogP contribution in [0, 0.1) is 0 Å². The van der Waals surface area contributed by atoms with Gasteiger partial charge < -0.3 is 5.32 Å². The number of carbonyl (C=O) groups excluding carboxylic acids is 1. The Kier molecular flexibility index (Phi) is 6.90. The number of rotatable bonds is 7. The minimum Gasteiger partial charge on any atom is -0.332 e. The lowest BCUT2D eigenvalue weighted by molar-refractivity contribution is 0.0977. The van der Waals surface area contributed by atoms with Crippen molar-refractivity contribution in [3.05, 3.63) is 59.1 Å². The lowest BCUT2D eigenvalue weighted by atomic mass is 10.1. The molecular formula is C21H23N3OS2. The van der Waals surface area contributed by atoms with E-state index in [1.807, 2.05) is 36.4 Å². The molecule has 0 saturated heterocycles. The number of hydrogen-bond acceptors (Lipinski definition) is 4. The van der Waals surface area contributed by atoms with Crippen LogP contribution in [0.2, 0.25) is 0 Å². The number of aryl methyl sites for hydroxylation is 1. The maximum atomic E-state index is 12.3. The Morgan fingerprint density at radius 1 is 1.07 bits per heavy atom. The van der Waals surface area contributed by atoms with Gasteiger partial charge in [0.2, 0.25) is 0 Å². The first-order valence-electron chi connectivity index (χ1n) is 9.22. The first-order valence-corrected chi connectivity index (χ1v) is 10.4. The van der Waals surface area contributed by atoms with E-state index in [1.54, 1.807) is 0 Å². The number of anilines is 1. The minimum absolute atomic E-state index is 0.273. The van der Waals surface area contributed by atoms with Crippen molar-refractivity contribution in [3.8, 4) is 0 Å². The topological polar surface area (TPSA) is 54.0 Å². The van der Waals surface area contributed by atoms with Gasteiger partial charge in [-0.3, -0.25) is 10.1 Å². The fourth-order valence-corrected chi connectivity index (χ4v) is 3.87. The monoisotopic (exact) mass is 397 g/mol.